The summed E-state index contributed by atoms with van der Waals surface area (Å²) in [5.41, 5.74) is 1.60. The van der Waals surface area contributed by atoms with Gasteiger partial charge in [-0.25, -0.2) is 4.98 Å². The van der Waals surface area contributed by atoms with Crippen LogP contribution in [0.4, 0.5) is 5.82 Å². The lowest BCUT2D eigenvalue weighted by atomic mass is 9.95. The van der Waals surface area contributed by atoms with Crippen molar-refractivity contribution in [3.63, 3.8) is 0 Å². The lowest BCUT2D eigenvalue weighted by Gasteiger charge is -2.40. The molecule has 0 bridgehead atoms. The number of rotatable bonds is 7. The molecule has 3 aromatic heterocycles. The highest BCUT2D eigenvalue weighted by Gasteiger charge is 2.33. The van der Waals surface area contributed by atoms with Gasteiger partial charge in [0.25, 0.3) is 5.56 Å². The first-order chi connectivity index (χ1) is 17.6. The molecule has 8 nitrogen and oxygen atoms in total. The predicted molar refractivity (Wildman–Crippen MR) is 138 cm³/mol. The highest BCUT2D eigenvalue weighted by Crippen LogP contribution is 2.38. The number of benzene rings is 1. The number of hydrogen-bond donors (Lipinski definition) is 1. The molecule has 0 amide bonds. The lowest BCUT2D eigenvalue weighted by Crippen LogP contribution is -2.49. The first-order valence-corrected chi connectivity index (χ1v) is 12.1. The maximum atomic E-state index is 14.0. The van der Waals surface area contributed by atoms with E-state index in [0.717, 1.165) is 24.5 Å². The summed E-state index contributed by atoms with van der Waals surface area (Å²) in [5.74, 6) is 2.27. The van der Waals surface area contributed by atoms with Crippen molar-refractivity contribution >= 4 is 5.82 Å². The predicted octanol–water partition coefficient (Wildman–Crippen LogP) is 3.82. The van der Waals surface area contributed by atoms with E-state index in [1.165, 1.54) is 0 Å². The minimum atomic E-state index is -0.483. The third kappa shape index (κ3) is 4.59. The zero-order chi connectivity index (χ0) is 25.1. The number of ether oxygens (including phenoxy) is 1. The molecule has 0 spiro atoms. The van der Waals surface area contributed by atoms with Gasteiger partial charge >= 0.3 is 0 Å². The van der Waals surface area contributed by atoms with Crippen molar-refractivity contribution in [2.75, 3.05) is 38.2 Å². The molecule has 1 aliphatic rings. The van der Waals surface area contributed by atoms with Crippen LogP contribution in [-0.4, -0.2) is 52.8 Å². The van der Waals surface area contributed by atoms with E-state index >= 15 is 0 Å². The van der Waals surface area contributed by atoms with Gasteiger partial charge in [-0.3, -0.25) is 9.69 Å². The summed E-state index contributed by atoms with van der Waals surface area (Å²) in [6.45, 7) is 4.97. The molecular weight excluding hydrogens is 456 g/mol. The van der Waals surface area contributed by atoms with Gasteiger partial charge in [0.2, 0.25) is 0 Å². The molecule has 5 rings (SSSR count). The first kappa shape index (κ1) is 23.7. The summed E-state index contributed by atoms with van der Waals surface area (Å²) in [7, 11) is 1.62. The quantitative estimate of drug-likeness (QED) is 0.425. The molecule has 36 heavy (non-hydrogen) atoms. The minimum absolute atomic E-state index is 0.0174. The monoisotopic (exact) mass is 486 g/mol. The molecule has 1 aliphatic heterocycles. The van der Waals surface area contributed by atoms with E-state index in [2.05, 4.69) is 14.8 Å². The van der Waals surface area contributed by atoms with E-state index in [9.17, 15) is 9.90 Å². The Morgan fingerprint density at radius 3 is 2.53 bits per heavy atom. The lowest BCUT2D eigenvalue weighted by molar-refractivity contribution is 0.203. The van der Waals surface area contributed by atoms with Crippen LogP contribution in [0.3, 0.4) is 0 Å². The summed E-state index contributed by atoms with van der Waals surface area (Å²) in [6, 6.07) is 18.4. The number of piperazine rings is 1. The Kier molecular flexibility index (Phi) is 6.77. The molecule has 4 heterocycles. The van der Waals surface area contributed by atoms with Gasteiger partial charge in [0, 0.05) is 43.6 Å². The van der Waals surface area contributed by atoms with E-state index in [0.29, 0.717) is 35.9 Å². The summed E-state index contributed by atoms with van der Waals surface area (Å²) in [6.07, 6.45) is 3.39. The van der Waals surface area contributed by atoms with Gasteiger partial charge in [0.05, 0.1) is 31.5 Å². The van der Waals surface area contributed by atoms with Gasteiger partial charge in [0.15, 0.2) is 0 Å². The summed E-state index contributed by atoms with van der Waals surface area (Å²) in [5, 5.41) is 11.2. The zero-order valence-corrected chi connectivity index (χ0v) is 20.5. The molecule has 186 valence electrons. The first-order valence-electron chi connectivity index (χ1n) is 12.1. The van der Waals surface area contributed by atoms with Gasteiger partial charge in [-0.05, 0) is 43.3 Å². The van der Waals surface area contributed by atoms with E-state index in [4.69, 9.17) is 9.15 Å². The van der Waals surface area contributed by atoms with Crippen LogP contribution in [0, 0.1) is 6.92 Å². The van der Waals surface area contributed by atoms with Crippen LogP contribution in [0.15, 0.2) is 82.3 Å². The molecule has 0 aliphatic carbocycles. The number of aryl methyl sites for hydroxylation is 1. The van der Waals surface area contributed by atoms with Crippen LogP contribution in [0.1, 0.15) is 28.6 Å². The standard InChI is InChI=1S/C28H30N4O4/c1-20-18-23(33)26(28(34)32(20)19-21-8-7-17-36-21)27(22-9-3-4-10-24(22)35-2)31-15-13-30(14-16-31)25-11-5-6-12-29-25/h3-12,17-18,27,33H,13-16,19H2,1-2H3/t27-/m0/s1. The van der Waals surface area contributed by atoms with Gasteiger partial charge < -0.3 is 23.7 Å². The molecular formula is C28H30N4O4. The number of aromatic hydroxyl groups is 1. The highest BCUT2D eigenvalue weighted by molar-refractivity contribution is 5.47. The molecule has 0 saturated carbocycles. The second-order valence-electron chi connectivity index (χ2n) is 8.91. The van der Waals surface area contributed by atoms with Crippen molar-refractivity contribution in [1.82, 2.24) is 14.5 Å². The molecule has 1 atom stereocenters. The largest absolute Gasteiger partial charge is 0.507 e. The Morgan fingerprint density at radius 1 is 1.06 bits per heavy atom. The van der Waals surface area contributed by atoms with Crippen molar-refractivity contribution in [2.24, 2.45) is 0 Å². The molecule has 0 unspecified atom stereocenters. The third-order valence-electron chi connectivity index (χ3n) is 6.78. The molecule has 4 aromatic rings. The summed E-state index contributed by atoms with van der Waals surface area (Å²) in [4.78, 5) is 22.9. The molecule has 1 N–H and O–H groups in total. The summed E-state index contributed by atoms with van der Waals surface area (Å²) < 4.78 is 12.9. The number of anilines is 1. The maximum absolute atomic E-state index is 14.0. The van der Waals surface area contributed by atoms with Crippen LogP contribution in [0.5, 0.6) is 11.5 Å². The fourth-order valence-corrected chi connectivity index (χ4v) is 4.96. The molecule has 1 aromatic carbocycles. The van der Waals surface area contributed by atoms with Crippen molar-refractivity contribution in [2.45, 2.75) is 19.5 Å². The van der Waals surface area contributed by atoms with Gasteiger partial charge in [-0.15, -0.1) is 0 Å². The minimum Gasteiger partial charge on any atom is -0.507 e. The van der Waals surface area contributed by atoms with Crippen molar-refractivity contribution < 1.29 is 14.3 Å². The highest BCUT2D eigenvalue weighted by atomic mass is 16.5. The second-order valence-corrected chi connectivity index (χ2v) is 8.91. The van der Waals surface area contributed by atoms with Crippen LogP contribution in [-0.2, 0) is 6.54 Å². The normalized spacial score (nSPS) is 15.1. The molecule has 1 saturated heterocycles. The molecule has 1 fully saturated rings. The Hall–Kier alpha value is -4.04. The smallest absolute Gasteiger partial charge is 0.260 e. The molecule has 8 heteroatoms. The van der Waals surface area contributed by atoms with Gasteiger partial charge in [0.1, 0.15) is 23.1 Å². The van der Waals surface area contributed by atoms with Gasteiger partial charge in [-0.2, -0.15) is 0 Å². The fourth-order valence-electron chi connectivity index (χ4n) is 4.96. The van der Waals surface area contributed by atoms with Crippen LogP contribution in [0.2, 0.25) is 0 Å². The van der Waals surface area contributed by atoms with E-state index in [-0.39, 0.29) is 17.9 Å². The Bertz CT molecular complexity index is 1360. The van der Waals surface area contributed by atoms with Crippen LogP contribution >= 0.6 is 0 Å². The number of furan rings is 1. The topological polar surface area (TPSA) is 84.0 Å². The number of hydrogen-bond acceptors (Lipinski definition) is 7. The zero-order valence-electron chi connectivity index (χ0n) is 20.5. The fraction of sp³-hybridized carbons (Fsp3) is 0.286. The third-order valence-corrected chi connectivity index (χ3v) is 6.78. The number of methoxy groups -OCH3 is 1. The number of pyridine rings is 2. The van der Waals surface area contributed by atoms with E-state index < -0.39 is 6.04 Å². The maximum Gasteiger partial charge on any atom is 0.260 e. The second kappa shape index (κ2) is 10.3. The van der Waals surface area contributed by atoms with Crippen LogP contribution in [0.25, 0.3) is 0 Å². The van der Waals surface area contributed by atoms with Crippen molar-refractivity contribution in [3.05, 3.63) is 106 Å². The average Bonchev–Trinajstić information content (AvgIpc) is 3.43. The van der Waals surface area contributed by atoms with Crippen LogP contribution < -0.4 is 15.2 Å². The van der Waals surface area contributed by atoms with E-state index in [1.807, 2.05) is 55.5 Å². The Balaban J connectivity index is 1.57. The van der Waals surface area contributed by atoms with Crippen molar-refractivity contribution in [3.8, 4) is 11.5 Å². The Labute approximate surface area is 210 Å². The number of nitrogens with zero attached hydrogens (tertiary/aromatic N) is 4. The molecule has 0 radical (unpaired) electrons. The van der Waals surface area contributed by atoms with E-state index in [1.54, 1.807) is 36.3 Å². The average molecular weight is 487 g/mol. The summed E-state index contributed by atoms with van der Waals surface area (Å²) >= 11 is 0. The Morgan fingerprint density at radius 2 is 1.83 bits per heavy atom. The number of aromatic nitrogens is 2. The SMILES string of the molecule is COc1ccccc1[C@@H](c1c(O)cc(C)n(Cc2ccco2)c1=O)N1CCN(c2ccccn2)CC1. The van der Waals surface area contributed by atoms with Crippen molar-refractivity contribution in [1.29, 1.82) is 0 Å². The number of para-hydroxylation sites is 1. The van der Waals surface area contributed by atoms with Gasteiger partial charge in [-0.1, -0.05) is 24.3 Å².